The number of fused-ring (bicyclic) bond motifs is 12. The minimum absolute atomic E-state index is 0.896. The van der Waals surface area contributed by atoms with Gasteiger partial charge in [0.1, 0.15) is 11.5 Å². The van der Waals surface area contributed by atoms with E-state index in [0.29, 0.717) is 0 Å². The Morgan fingerprint density at radius 3 is 2.11 bits per heavy atom. The van der Waals surface area contributed by atoms with E-state index in [0.717, 1.165) is 67.7 Å². The van der Waals surface area contributed by atoms with Crippen molar-refractivity contribution in [2.45, 2.75) is 20.3 Å². The van der Waals surface area contributed by atoms with Crippen LogP contribution in [0.4, 0.5) is 0 Å². The molecule has 0 saturated carbocycles. The van der Waals surface area contributed by atoms with E-state index in [-0.39, 0.29) is 0 Å². The van der Waals surface area contributed by atoms with Crippen molar-refractivity contribution < 1.29 is 0 Å². The molecule has 0 radical (unpaired) electrons. The van der Waals surface area contributed by atoms with Gasteiger partial charge in [0, 0.05) is 26.9 Å². The lowest BCUT2D eigenvalue weighted by molar-refractivity contribution is 1.07. The van der Waals surface area contributed by atoms with Crippen LogP contribution in [0.15, 0.2) is 146 Å². The van der Waals surface area contributed by atoms with Crippen LogP contribution in [0.1, 0.15) is 26.0 Å². The van der Waals surface area contributed by atoms with Crippen molar-refractivity contribution in [2.24, 2.45) is 0 Å². The maximum atomic E-state index is 5.37. The van der Waals surface area contributed by atoms with Gasteiger partial charge in [0.05, 0.1) is 33.3 Å². The van der Waals surface area contributed by atoms with Crippen LogP contribution < -0.4 is 0 Å². The number of pyridine rings is 2. The summed E-state index contributed by atoms with van der Waals surface area (Å²) in [7, 11) is 0. The predicted octanol–water partition coefficient (Wildman–Crippen LogP) is 11.3. The topological polar surface area (TPSA) is 35.1 Å². The second kappa shape index (κ2) is 10.8. The van der Waals surface area contributed by atoms with Gasteiger partial charge in [0.15, 0.2) is 0 Å². The molecule has 0 spiro atoms. The monoisotopic (exact) mass is 604 g/mol. The predicted molar refractivity (Wildman–Crippen MR) is 198 cm³/mol. The molecule has 5 aromatic carbocycles. The van der Waals surface area contributed by atoms with Crippen LogP contribution in [-0.2, 0) is 0 Å². The number of rotatable bonds is 5. The van der Waals surface area contributed by atoms with Crippen molar-refractivity contribution >= 4 is 65.7 Å². The largest absolute Gasteiger partial charge is 0.294 e. The first-order valence-electron chi connectivity index (χ1n) is 16.3. The van der Waals surface area contributed by atoms with Crippen LogP contribution in [0.2, 0.25) is 0 Å². The molecule has 47 heavy (non-hydrogen) atoms. The third-order valence-corrected chi connectivity index (χ3v) is 9.34. The number of nitrogens with zero attached hydrogens (tertiary/aromatic N) is 4. The molecule has 9 rings (SSSR count). The molecular weight excluding hydrogens is 573 g/mol. The Balaban J connectivity index is 1.43. The second-order valence-corrected chi connectivity index (χ2v) is 12.0. The second-order valence-electron chi connectivity index (χ2n) is 12.0. The van der Waals surface area contributed by atoms with Gasteiger partial charge in [-0.05, 0) is 78.6 Å². The van der Waals surface area contributed by atoms with E-state index in [4.69, 9.17) is 9.97 Å². The Morgan fingerprint density at radius 1 is 0.617 bits per heavy atom. The number of hydrogen-bond acceptors (Lipinski definition) is 2. The molecular formula is C43H32N4. The normalized spacial score (nSPS) is 12.6. The van der Waals surface area contributed by atoms with Crippen LogP contribution in [0.25, 0.3) is 82.7 Å². The van der Waals surface area contributed by atoms with E-state index in [1.807, 2.05) is 0 Å². The summed E-state index contributed by atoms with van der Waals surface area (Å²) in [4.78, 5) is 10.6. The minimum Gasteiger partial charge on any atom is -0.294 e. The van der Waals surface area contributed by atoms with E-state index < -0.39 is 0 Å². The van der Waals surface area contributed by atoms with Gasteiger partial charge in [-0.25, -0.2) is 9.97 Å². The Bertz CT molecular complexity index is 2720. The van der Waals surface area contributed by atoms with Crippen molar-refractivity contribution in [1.29, 1.82) is 0 Å². The fourth-order valence-electron chi connectivity index (χ4n) is 7.25. The fourth-order valence-corrected chi connectivity index (χ4v) is 7.25. The van der Waals surface area contributed by atoms with Crippen molar-refractivity contribution in [3.05, 3.63) is 151 Å². The fraction of sp³-hybridized carbons (Fsp3) is 0.0698. The highest BCUT2D eigenvalue weighted by Crippen LogP contribution is 2.42. The smallest absolute Gasteiger partial charge is 0.146 e. The average Bonchev–Trinajstić information content (AvgIpc) is 3.69. The number of hydrogen-bond donors (Lipinski definition) is 0. The summed E-state index contributed by atoms with van der Waals surface area (Å²) in [5, 5.41) is 5.98. The summed E-state index contributed by atoms with van der Waals surface area (Å²) >= 11 is 0. The Kier molecular flexibility index (Phi) is 6.29. The molecule has 0 aliphatic carbocycles. The first kappa shape index (κ1) is 27.3. The van der Waals surface area contributed by atoms with Crippen LogP contribution in [0, 0.1) is 0 Å². The number of aromatic nitrogens is 4. The van der Waals surface area contributed by atoms with Crippen molar-refractivity contribution in [3.63, 3.8) is 0 Å². The molecule has 0 aliphatic rings. The Labute approximate surface area is 272 Å². The number of benzene rings is 5. The quantitative estimate of drug-likeness (QED) is 0.145. The Morgan fingerprint density at radius 2 is 1.32 bits per heavy atom. The van der Waals surface area contributed by atoms with E-state index in [1.165, 1.54) is 27.1 Å². The maximum Gasteiger partial charge on any atom is 0.146 e. The molecule has 224 valence electrons. The molecule has 0 bridgehead atoms. The molecule has 4 heteroatoms. The minimum atomic E-state index is 0.896. The summed E-state index contributed by atoms with van der Waals surface area (Å²) in [6, 6.07) is 45.4. The zero-order valence-corrected chi connectivity index (χ0v) is 26.4. The highest BCUT2D eigenvalue weighted by molar-refractivity contribution is 6.30. The third-order valence-electron chi connectivity index (χ3n) is 9.34. The van der Waals surface area contributed by atoms with Gasteiger partial charge >= 0.3 is 0 Å². The van der Waals surface area contributed by atoms with Crippen LogP contribution in [-0.4, -0.2) is 18.9 Å². The SMILES string of the molecule is C/C=C(\C=C/CC)c1cc(-c2ccccc2)cc(-n2c3ccccc3c3c4c5ccccc5n5c6ccccc6nc5c4ccc32)n1. The van der Waals surface area contributed by atoms with Gasteiger partial charge in [0.2, 0.25) is 0 Å². The summed E-state index contributed by atoms with van der Waals surface area (Å²) in [5.41, 5.74) is 10.9. The van der Waals surface area contributed by atoms with Crippen LogP contribution in [0.5, 0.6) is 0 Å². The van der Waals surface area contributed by atoms with Gasteiger partial charge in [-0.3, -0.25) is 8.97 Å². The molecule has 0 fully saturated rings. The number of allylic oxidation sites excluding steroid dienone is 4. The lowest BCUT2D eigenvalue weighted by Gasteiger charge is -2.14. The van der Waals surface area contributed by atoms with E-state index in [2.05, 4.69) is 168 Å². The molecule has 0 amide bonds. The molecule has 4 heterocycles. The molecule has 0 atom stereocenters. The summed E-state index contributed by atoms with van der Waals surface area (Å²) in [6.45, 7) is 4.25. The van der Waals surface area contributed by atoms with Crippen molar-refractivity contribution in [1.82, 2.24) is 18.9 Å². The first-order chi connectivity index (χ1) is 23.2. The summed E-state index contributed by atoms with van der Waals surface area (Å²) in [6.07, 6.45) is 7.50. The van der Waals surface area contributed by atoms with Gasteiger partial charge in [-0.2, -0.15) is 0 Å². The molecule has 0 N–H and O–H groups in total. The molecule has 0 saturated heterocycles. The highest BCUT2D eigenvalue weighted by Gasteiger charge is 2.21. The van der Waals surface area contributed by atoms with Gasteiger partial charge in [-0.1, -0.05) is 104 Å². The van der Waals surface area contributed by atoms with E-state index >= 15 is 0 Å². The van der Waals surface area contributed by atoms with Crippen molar-refractivity contribution in [3.8, 4) is 16.9 Å². The van der Waals surface area contributed by atoms with Gasteiger partial charge < -0.3 is 0 Å². The van der Waals surface area contributed by atoms with Gasteiger partial charge in [-0.15, -0.1) is 0 Å². The molecule has 0 unspecified atom stereocenters. The molecule has 4 aromatic heterocycles. The zero-order chi connectivity index (χ0) is 31.5. The standard InChI is InChI=1S/C43H32N4/c1-3-5-15-28(4-2)35-26-30(29-16-7-6-8-17-29)27-40(44-35)46-36-21-12-10-19-32(36)42-39(46)25-24-33-41(42)31-18-9-13-22-37(31)47-38-23-14-11-20-34(38)45-43(33)47/h4-27H,3H2,1-2H3/b15-5-,28-4+. The van der Waals surface area contributed by atoms with E-state index in [9.17, 15) is 0 Å². The zero-order valence-electron chi connectivity index (χ0n) is 26.4. The van der Waals surface area contributed by atoms with E-state index in [1.54, 1.807) is 0 Å². The lowest BCUT2D eigenvalue weighted by Crippen LogP contribution is -2.01. The number of para-hydroxylation sites is 4. The lowest BCUT2D eigenvalue weighted by atomic mass is 10.00. The average molecular weight is 605 g/mol. The molecule has 0 aliphatic heterocycles. The van der Waals surface area contributed by atoms with Crippen LogP contribution >= 0.6 is 0 Å². The van der Waals surface area contributed by atoms with Crippen LogP contribution in [0.3, 0.4) is 0 Å². The van der Waals surface area contributed by atoms with Gasteiger partial charge in [0.25, 0.3) is 0 Å². The Hall–Kier alpha value is -6.00. The maximum absolute atomic E-state index is 5.37. The first-order valence-corrected chi connectivity index (χ1v) is 16.3. The molecule has 9 aromatic rings. The highest BCUT2D eigenvalue weighted by atomic mass is 15.1. The molecule has 4 nitrogen and oxygen atoms in total. The summed E-state index contributed by atoms with van der Waals surface area (Å²) in [5.74, 6) is 0.896. The third kappa shape index (κ3) is 4.15. The van der Waals surface area contributed by atoms with Crippen molar-refractivity contribution in [2.75, 3.05) is 0 Å². The summed E-state index contributed by atoms with van der Waals surface area (Å²) < 4.78 is 4.66. The number of imidazole rings is 1.